The quantitative estimate of drug-likeness (QED) is 0.597. The van der Waals surface area contributed by atoms with Gasteiger partial charge in [-0.05, 0) is 0 Å². The average molecular weight is 211 g/mol. The maximum Gasteiger partial charge on any atom is 0.221 e. The summed E-state index contributed by atoms with van der Waals surface area (Å²) in [6.45, 7) is 1.50. The van der Waals surface area contributed by atoms with E-state index in [0.717, 1.165) is 18.8 Å². The number of hydrogen-bond donors (Lipinski definition) is 2. The van der Waals surface area contributed by atoms with Crippen molar-refractivity contribution in [3.8, 4) is 0 Å². The van der Waals surface area contributed by atoms with Crippen LogP contribution in [-0.4, -0.2) is 40.8 Å². The van der Waals surface area contributed by atoms with Crippen LogP contribution in [0.15, 0.2) is 6.33 Å². The maximum atomic E-state index is 10.9. The second-order valence-electron chi connectivity index (χ2n) is 3.28. The minimum absolute atomic E-state index is 0.0566. The van der Waals surface area contributed by atoms with Crippen molar-refractivity contribution in [3.05, 3.63) is 12.2 Å². The van der Waals surface area contributed by atoms with E-state index in [9.17, 15) is 4.79 Å². The highest BCUT2D eigenvalue weighted by molar-refractivity contribution is 5.75. The van der Waals surface area contributed by atoms with Crippen molar-refractivity contribution in [2.75, 3.05) is 20.1 Å². The van der Waals surface area contributed by atoms with Crippen LogP contribution in [0.2, 0.25) is 0 Å². The number of amides is 1. The highest BCUT2D eigenvalue weighted by atomic mass is 16.1. The molecule has 0 aromatic carbocycles. The molecule has 1 aromatic rings. The largest absolute Gasteiger partial charge is 0.359 e. The molecule has 0 radical (unpaired) electrons. The minimum Gasteiger partial charge on any atom is -0.359 e. The molecular formula is C9H17N5O. The molecule has 1 aromatic heterocycles. The third-order valence-corrected chi connectivity index (χ3v) is 2.14. The van der Waals surface area contributed by atoms with Gasteiger partial charge in [-0.2, -0.15) is 0 Å². The molecule has 1 heterocycles. The van der Waals surface area contributed by atoms with E-state index in [-0.39, 0.29) is 5.91 Å². The molecule has 0 spiro atoms. The predicted molar refractivity (Wildman–Crippen MR) is 56.3 cm³/mol. The Bertz CT molecular complexity index is 309. The molecule has 1 rings (SSSR count). The van der Waals surface area contributed by atoms with E-state index < -0.39 is 0 Å². The molecule has 0 fully saturated rings. The second kappa shape index (κ2) is 6.13. The number of carbonyl (C=O) groups excluding carboxylic acids is 1. The van der Waals surface area contributed by atoms with Gasteiger partial charge in [0, 0.05) is 40.0 Å². The summed E-state index contributed by atoms with van der Waals surface area (Å²) in [5.74, 6) is 1.00. The maximum absolute atomic E-state index is 10.9. The molecule has 0 aliphatic heterocycles. The van der Waals surface area contributed by atoms with E-state index in [1.807, 2.05) is 11.6 Å². The van der Waals surface area contributed by atoms with Crippen molar-refractivity contribution in [2.45, 2.75) is 12.8 Å². The third-order valence-electron chi connectivity index (χ3n) is 2.14. The van der Waals surface area contributed by atoms with Crippen LogP contribution in [0.1, 0.15) is 12.2 Å². The second-order valence-corrected chi connectivity index (χ2v) is 3.28. The molecule has 0 aliphatic carbocycles. The van der Waals surface area contributed by atoms with Gasteiger partial charge in [-0.25, -0.2) is 0 Å². The van der Waals surface area contributed by atoms with E-state index in [2.05, 4.69) is 20.8 Å². The van der Waals surface area contributed by atoms with E-state index in [0.29, 0.717) is 13.0 Å². The summed E-state index contributed by atoms with van der Waals surface area (Å²) in [6.07, 6.45) is 3.01. The first kappa shape index (κ1) is 11.6. The number of nitrogens with zero attached hydrogens (tertiary/aromatic N) is 3. The standard InChI is InChI=1S/C9H17N5O/c1-10-9(15)4-6-11-5-3-8-13-12-7-14(8)2/h7,11H,3-6H2,1-2H3,(H,10,15). The fourth-order valence-corrected chi connectivity index (χ4v) is 1.19. The summed E-state index contributed by atoms with van der Waals surface area (Å²) in [6, 6.07) is 0. The van der Waals surface area contributed by atoms with Crippen molar-refractivity contribution >= 4 is 5.91 Å². The topological polar surface area (TPSA) is 71.8 Å². The van der Waals surface area contributed by atoms with Crippen LogP contribution in [0, 0.1) is 0 Å². The Morgan fingerprint density at radius 2 is 2.33 bits per heavy atom. The van der Waals surface area contributed by atoms with Crippen molar-refractivity contribution in [1.82, 2.24) is 25.4 Å². The monoisotopic (exact) mass is 211 g/mol. The van der Waals surface area contributed by atoms with Crippen LogP contribution in [0.3, 0.4) is 0 Å². The van der Waals surface area contributed by atoms with Gasteiger partial charge in [0.1, 0.15) is 12.2 Å². The van der Waals surface area contributed by atoms with Crippen molar-refractivity contribution in [3.63, 3.8) is 0 Å². The number of aryl methyl sites for hydroxylation is 1. The fourth-order valence-electron chi connectivity index (χ4n) is 1.19. The van der Waals surface area contributed by atoms with Crippen molar-refractivity contribution in [1.29, 1.82) is 0 Å². The lowest BCUT2D eigenvalue weighted by Crippen LogP contribution is -2.26. The molecule has 0 aliphatic rings. The highest BCUT2D eigenvalue weighted by Gasteiger charge is 2.00. The summed E-state index contributed by atoms with van der Waals surface area (Å²) in [7, 11) is 3.56. The van der Waals surface area contributed by atoms with Crippen LogP contribution >= 0.6 is 0 Å². The smallest absolute Gasteiger partial charge is 0.221 e. The van der Waals surface area contributed by atoms with Gasteiger partial charge >= 0.3 is 0 Å². The first-order chi connectivity index (χ1) is 7.24. The zero-order chi connectivity index (χ0) is 11.1. The van der Waals surface area contributed by atoms with Crippen molar-refractivity contribution in [2.24, 2.45) is 7.05 Å². The Morgan fingerprint density at radius 1 is 1.53 bits per heavy atom. The van der Waals surface area contributed by atoms with Gasteiger partial charge in [0.15, 0.2) is 0 Å². The molecular weight excluding hydrogens is 194 g/mol. The molecule has 6 heteroatoms. The lowest BCUT2D eigenvalue weighted by Gasteiger charge is -2.03. The van der Waals surface area contributed by atoms with Gasteiger partial charge < -0.3 is 15.2 Å². The number of rotatable bonds is 6. The SMILES string of the molecule is CNC(=O)CCNCCc1nncn1C. The van der Waals surface area contributed by atoms with Crippen LogP contribution in [0.4, 0.5) is 0 Å². The van der Waals surface area contributed by atoms with Gasteiger partial charge in [0.05, 0.1) is 0 Å². The van der Waals surface area contributed by atoms with Crippen LogP contribution < -0.4 is 10.6 Å². The summed E-state index contributed by atoms with van der Waals surface area (Å²) in [5.41, 5.74) is 0. The van der Waals surface area contributed by atoms with Crippen LogP contribution in [0.5, 0.6) is 0 Å². The molecule has 1 amide bonds. The summed E-state index contributed by atoms with van der Waals surface area (Å²) in [4.78, 5) is 10.9. The third kappa shape index (κ3) is 4.07. The summed E-state index contributed by atoms with van der Waals surface area (Å²) in [5, 5.41) is 13.5. The molecule has 6 nitrogen and oxygen atoms in total. The van der Waals surface area contributed by atoms with E-state index in [4.69, 9.17) is 0 Å². The first-order valence-corrected chi connectivity index (χ1v) is 4.98. The Labute approximate surface area is 89.1 Å². The fraction of sp³-hybridized carbons (Fsp3) is 0.667. The number of carbonyl (C=O) groups is 1. The zero-order valence-electron chi connectivity index (χ0n) is 9.16. The highest BCUT2D eigenvalue weighted by Crippen LogP contribution is 1.91. The average Bonchev–Trinajstić information content (AvgIpc) is 2.63. The van der Waals surface area contributed by atoms with E-state index >= 15 is 0 Å². The van der Waals surface area contributed by atoms with Gasteiger partial charge in [-0.15, -0.1) is 10.2 Å². The molecule has 0 atom stereocenters. The number of aromatic nitrogens is 3. The Kier molecular flexibility index (Phi) is 4.76. The van der Waals surface area contributed by atoms with Gasteiger partial charge in [0.2, 0.25) is 5.91 Å². The molecule has 0 saturated heterocycles. The van der Waals surface area contributed by atoms with Crippen LogP contribution in [0.25, 0.3) is 0 Å². The van der Waals surface area contributed by atoms with E-state index in [1.54, 1.807) is 13.4 Å². The van der Waals surface area contributed by atoms with Gasteiger partial charge in [-0.3, -0.25) is 4.79 Å². The number of hydrogen-bond acceptors (Lipinski definition) is 4. The first-order valence-electron chi connectivity index (χ1n) is 4.98. The Morgan fingerprint density at radius 3 is 2.93 bits per heavy atom. The Balaban J connectivity index is 2.07. The van der Waals surface area contributed by atoms with Gasteiger partial charge in [0.25, 0.3) is 0 Å². The van der Waals surface area contributed by atoms with Gasteiger partial charge in [-0.1, -0.05) is 0 Å². The molecule has 0 unspecified atom stereocenters. The summed E-state index contributed by atoms with van der Waals surface area (Å²) >= 11 is 0. The summed E-state index contributed by atoms with van der Waals surface area (Å²) < 4.78 is 1.89. The van der Waals surface area contributed by atoms with E-state index in [1.165, 1.54) is 0 Å². The Hall–Kier alpha value is -1.43. The molecule has 84 valence electrons. The molecule has 0 saturated carbocycles. The molecule has 15 heavy (non-hydrogen) atoms. The minimum atomic E-state index is 0.0566. The molecule has 2 N–H and O–H groups in total. The lowest BCUT2D eigenvalue weighted by molar-refractivity contribution is -0.120. The predicted octanol–water partition coefficient (Wildman–Crippen LogP) is -0.917. The normalized spacial score (nSPS) is 10.3. The van der Waals surface area contributed by atoms with Crippen LogP contribution in [-0.2, 0) is 18.3 Å². The van der Waals surface area contributed by atoms with Crippen molar-refractivity contribution < 1.29 is 4.79 Å². The molecule has 0 bridgehead atoms. The number of nitrogens with one attached hydrogen (secondary N) is 2. The zero-order valence-corrected chi connectivity index (χ0v) is 9.16. The lowest BCUT2D eigenvalue weighted by atomic mass is 10.3.